The van der Waals surface area contributed by atoms with Crippen molar-refractivity contribution in [2.75, 3.05) is 12.4 Å². The summed E-state index contributed by atoms with van der Waals surface area (Å²) in [7, 11) is 1.54. The molecule has 0 unspecified atom stereocenters. The number of phenols is 1. The molecule has 2 aromatic carbocycles. The van der Waals surface area contributed by atoms with Crippen LogP contribution in [0, 0.1) is 6.92 Å². The fourth-order valence-electron chi connectivity index (χ4n) is 2.95. The standard InChI is InChI=1S/C21H19N3O2/c1-14-8-11-19-23-20(15-9-10-17(25)18(12-15)26-2)21(24(19)13-14)22-16-6-4-3-5-7-16/h3-13,22,25H,1-2H3. The Kier molecular flexibility index (Phi) is 3.97. The quantitative estimate of drug-likeness (QED) is 0.559. The van der Waals surface area contributed by atoms with Crippen LogP contribution in [-0.4, -0.2) is 21.6 Å². The minimum Gasteiger partial charge on any atom is -0.504 e. The summed E-state index contributed by atoms with van der Waals surface area (Å²) in [6.07, 6.45) is 2.05. The first-order chi connectivity index (χ1) is 12.7. The molecule has 0 aliphatic rings. The molecule has 0 aliphatic carbocycles. The van der Waals surface area contributed by atoms with Gasteiger partial charge in [0.25, 0.3) is 0 Å². The van der Waals surface area contributed by atoms with Gasteiger partial charge in [0, 0.05) is 17.4 Å². The Labute approximate surface area is 151 Å². The molecule has 26 heavy (non-hydrogen) atoms. The van der Waals surface area contributed by atoms with Crippen LogP contribution in [0.15, 0.2) is 66.9 Å². The number of hydrogen-bond acceptors (Lipinski definition) is 4. The van der Waals surface area contributed by atoms with Gasteiger partial charge in [-0.1, -0.05) is 24.3 Å². The molecular formula is C21H19N3O2. The van der Waals surface area contributed by atoms with Crippen molar-refractivity contribution in [1.29, 1.82) is 0 Å². The van der Waals surface area contributed by atoms with Crippen LogP contribution in [0.5, 0.6) is 11.5 Å². The van der Waals surface area contributed by atoms with Crippen molar-refractivity contribution in [3.63, 3.8) is 0 Å². The SMILES string of the molecule is COc1cc(-c2nc3ccc(C)cn3c2Nc2ccccc2)ccc1O. The molecule has 0 atom stereocenters. The van der Waals surface area contributed by atoms with Gasteiger partial charge in [-0.3, -0.25) is 4.40 Å². The van der Waals surface area contributed by atoms with E-state index in [0.717, 1.165) is 34.0 Å². The van der Waals surface area contributed by atoms with Gasteiger partial charge in [-0.15, -0.1) is 0 Å². The molecule has 0 amide bonds. The van der Waals surface area contributed by atoms with Crippen molar-refractivity contribution in [1.82, 2.24) is 9.38 Å². The summed E-state index contributed by atoms with van der Waals surface area (Å²) in [6, 6.07) is 19.3. The Bertz CT molecular complexity index is 1070. The minimum absolute atomic E-state index is 0.105. The van der Waals surface area contributed by atoms with Gasteiger partial charge >= 0.3 is 0 Å². The second-order valence-corrected chi connectivity index (χ2v) is 6.12. The minimum atomic E-state index is 0.105. The molecule has 0 bridgehead atoms. The van der Waals surface area contributed by atoms with Gasteiger partial charge in [0.2, 0.25) is 0 Å². The molecule has 0 saturated heterocycles. The molecule has 0 radical (unpaired) electrons. The van der Waals surface area contributed by atoms with E-state index in [2.05, 4.69) is 18.4 Å². The Morgan fingerprint density at radius 2 is 1.85 bits per heavy atom. The van der Waals surface area contributed by atoms with E-state index in [-0.39, 0.29) is 5.75 Å². The fraction of sp³-hybridized carbons (Fsp3) is 0.0952. The van der Waals surface area contributed by atoms with Gasteiger partial charge in [-0.05, 0) is 48.9 Å². The second-order valence-electron chi connectivity index (χ2n) is 6.12. The average molecular weight is 345 g/mol. The Morgan fingerprint density at radius 3 is 2.62 bits per heavy atom. The number of nitrogens with zero attached hydrogens (tertiary/aromatic N) is 2. The summed E-state index contributed by atoms with van der Waals surface area (Å²) in [4.78, 5) is 4.79. The highest BCUT2D eigenvalue weighted by atomic mass is 16.5. The molecule has 2 aromatic heterocycles. The van der Waals surface area contributed by atoms with Crippen LogP contribution in [0.25, 0.3) is 16.9 Å². The molecule has 2 heterocycles. The first kappa shape index (κ1) is 16.0. The van der Waals surface area contributed by atoms with Gasteiger partial charge in [-0.2, -0.15) is 0 Å². The van der Waals surface area contributed by atoms with Crippen LogP contribution in [0.3, 0.4) is 0 Å². The van der Waals surface area contributed by atoms with Gasteiger partial charge < -0.3 is 15.2 Å². The number of ether oxygens (including phenoxy) is 1. The van der Waals surface area contributed by atoms with Crippen molar-refractivity contribution in [2.24, 2.45) is 0 Å². The fourth-order valence-corrected chi connectivity index (χ4v) is 2.95. The zero-order chi connectivity index (χ0) is 18.1. The number of aromatic hydroxyl groups is 1. The lowest BCUT2D eigenvalue weighted by molar-refractivity contribution is 0.373. The number of methoxy groups -OCH3 is 1. The molecular weight excluding hydrogens is 326 g/mol. The molecule has 0 aliphatic heterocycles. The van der Waals surface area contributed by atoms with Gasteiger partial charge in [0.05, 0.1) is 7.11 Å². The van der Waals surface area contributed by atoms with Crippen molar-refractivity contribution in [3.05, 3.63) is 72.4 Å². The molecule has 0 fully saturated rings. The zero-order valence-electron chi connectivity index (χ0n) is 14.6. The van der Waals surface area contributed by atoms with E-state index in [1.807, 2.05) is 52.9 Å². The predicted molar refractivity (Wildman–Crippen MR) is 103 cm³/mol. The maximum Gasteiger partial charge on any atom is 0.161 e. The number of rotatable bonds is 4. The van der Waals surface area contributed by atoms with E-state index in [9.17, 15) is 5.11 Å². The zero-order valence-corrected chi connectivity index (χ0v) is 14.6. The third kappa shape index (κ3) is 2.84. The highest BCUT2D eigenvalue weighted by Crippen LogP contribution is 2.36. The number of fused-ring (bicyclic) bond motifs is 1. The summed E-state index contributed by atoms with van der Waals surface area (Å²) in [5.41, 5.74) is 4.61. The normalized spacial score (nSPS) is 10.8. The largest absolute Gasteiger partial charge is 0.504 e. The Morgan fingerprint density at radius 1 is 1.04 bits per heavy atom. The van der Waals surface area contributed by atoms with Crippen LogP contribution in [0.4, 0.5) is 11.5 Å². The molecule has 5 nitrogen and oxygen atoms in total. The number of imidazole rings is 1. The van der Waals surface area contributed by atoms with E-state index in [1.54, 1.807) is 12.1 Å². The molecule has 0 saturated carbocycles. The predicted octanol–water partition coefficient (Wildman–Crippen LogP) is 4.77. The number of benzene rings is 2. The van der Waals surface area contributed by atoms with Crippen LogP contribution in [0.1, 0.15) is 5.56 Å². The van der Waals surface area contributed by atoms with Gasteiger partial charge in [0.15, 0.2) is 11.5 Å². The molecule has 0 spiro atoms. The van der Waals surface area contributed by atoms with Crippen LogP contribution < -0.4 is 10.1 Å². The highest BCUT2D eigenvalue weighted by Gasteiger charge is 2.16. The molecule has 130 valence electrons. The van der Waals surface area contributed by atoms with E-state index < -0.39 is 0 Å². The summed E-state index contributed by atoms with van der Waals surface area (Å²) in [5.74, 6) is 1.39. The summed E-state index contributed by atoms with van der Waals surface area (Å²) >= 11 is 0. The number of nitrogens with one attached hydrogen (secondary N) is 1. The number of phenolic OH excluding ortho intramolecular Hbond substituents is 1. The third-order valence-electron chi connectivity index (χ3n) is 4.26. The number of aromatic nitrogens is 2. The van der Waals surface area contributed by atoms with Crippen molar-refractivity contribution < 1.29 is 9.84 Å². The Balaban J connectivity index is 1.92. The second kappa shape index (κ2) is 6.44. The van der Waals surface area contributed by atoms with Crippen molar-refractivity contribution in [2.45, 2.75) is 6.92 Å². The lowest BCUT2D eigenvalue weighted by Gasteiger charge is -2.10. The molecule has 4 aromatic rings. The number of para-hydroxylation sites is 1. The van der Waals surface area contributed by atoms with E-state index in [0.29, 0.717) is 5.75 Å². The maximum atomic E-state index is 9.90. The number of pyridine rings is 1. The maximum absolute atomic E-state index is 9.90. The van der Waals surface area contributed by atoms with Crippen molar-refractivity contribution >= 4 is 17.2 Å². The molecule has 5 heteroatoms. The topological polar surface area (TPSA) is 58.8 Å². The number of aryl methyl sites for hydroxylation is 1. The number of anilines is 2. The van der Waals surface area contributed by atoms with E-state index >= 15 is 0 Å². The van der Waals surface area contributed by atoms with E-state index in [1.165, 1.54) is 7.11 Å². The molecule has 2 N–H and O–H groups in total. The van der Waals surface area contributed by atoms with E-state index in [4.69, 9.17) is 9.72 Å². The lowest BCUT2D eigenvalue weighted by Crippen LogP contribution is -1.97. The summed E-state index contributed by atoms with van der Waals surface area (Å²) in [6.45, 7) is 2.05. The van der Waals surface area contributed by atoms with Gasteiger partial charge in [-0.25, -0.2) is 4.98 Å². The van der Waals surface area contributed by atoms with Gasteiger partial charge in [0.1, 0.15) is 17.2 Å². The molecule has 4 rings (SSSR count). The third-order valence-corrected chi connectivity index (χ3v) is 4.26. The van der Waals surface area contributed by atoms with Crippen LogP contribution in [0.2, 0.25) is 0 Å². The number of hydrogen-bond donors (Lipinski definition) is 2. The average Bonchev–Trinajstić information content (AvgIpc) is 3.01. The summed E-state index contributed by atoms with van der Waals surface area (Å²) < 4.78 is 7.29. The Hall–Kier alpha value is -3.47. The highest BCUT2D eigenvalue weighted by molar-refractivity contribution is 5.80. The summed E-state index contributed by atoms with van der Waals surface area (Å²) in [5, 5.41) is 13.4. The van der Waals surface area contributed by atoms with Crippen molar-refractivity contribution in [3.8, 4) is 22.8 Å². The first-order valence-corrected chi connectivity index (χ1v) is 8.34. The van der Waals surface area contributed by atoms with Crippen LogP contribution >= 0.6 is 0 Å². The smallest absolute Gasteiger partial charge is 0.161 e. The van der Waals surface area contributed by atoms with Crippen LogP contribution in [-0.2, 0) is 0 Å². The first-order valence-electron chi connectivity index (χ1n) is 8.34. The monoisotopic (exact) mass is 345 g/mol. The lowest BCUT2D eigenvalue weighted by atomic mass is 10.1.